The lowest BCUT2D eigenvalue weighted by molar-refractivity contribution is 0.606. The van der Waals surface area contributed by atoms with Gasteiger partial charge in [-0.3, -0.25) is 4.68 Å². The van der Waals surface area contributed by atoms with Crippen LogP contribution in [0.2, 0.25) is 0 Å². The van der Waals surface area contributed by atoms with Crippen molar-refractivity contribution in [3.63, 3.8) is 0 Å². The van der Waals surface area contributed by atoms with E-state index in [0.717, 1.165) is 6.54 Å². The number of hydrogen-bond acceptors (Lipinski definition) is 1. The van der Waals surface area contributed by atoms with Crippen molar-refractivity contribution in [2.24, 2.45) is 0 Å². The second-order valence-electron chi connectivity index (χ2n) is 4.96. The van der Waals surface area contributed by atoms with Gasteiger partial charge in [-0.15, -0.1) is 0 Å². The third-order valence-corrected chi connectivity index (χ3v) is 3.62. The van der Waals surface area contributed by atoms with Gasteiger partial charge in [-0.2, -0.15) is 5.10 Å². The monoisotopic (exact) mass is 220 g/mol. The number of fused-ring (bicyclic) bond motifs is 1. The smallest absolute Gasteiger partial charge is 0.0524 e. The van der Waals surface area contributed by atoms with Crippen LogP contribution in [-0.2, 0) is 19.4 Å². The maximum absolute atomic E-state index is 4.44. The summed E-state index contributed by atoms with van der Waals surface area (Å²) in [6, 6.07) is 0. The summed E-state index contributed by atoms with van der Waals surface area (Å²) in [6.07, 6.45) is 14.2. The first-order chi connectivity index (χ1) is 7.92. The fraction of sp³-hybridized carbons (Fsp3) is 0.786. The van der Waals surface area contributed by atoms with Crippen molar-refractivity contribution in [3.05, 3.63) is 17.5 Å². The Kier molecular flexibility index (Phi) is 4.44. The minimum absolute atomic E-state index is 1.14. The fourth-order valence-electron chi connectivity index (χ4n) is 2.63. The van der Waals surface area contributed by atoms with E-state index in [1.54, 1.807) is 0 Å². The second-order valence-corrected chi connectivity index (χ2v) is 4.96. The molecular weight excluding hydrogens is 196 g/mol. The Morgan fingerprint density at radius 2 is 2.00 bits per heavy atom. The molecule has 90 valence electrons. The molecule has 1 aromatic rings. The molecular formula is C14H24N2. The molecule has 0 fully saturated rings. The van der Waals surface area contributed by atoms with Crippen LogP contribution in [-0.4, -0.2) is 9.78 Å². The highest BCUT2D eigenvalue weighted by atomic mass is 15.3. The quantitative estimate of drug-likeness (QED) is 0.640. The highest BCUT2D eigenvalue weighted by Crippen LogP contribution is 2.20. The number of aryl methyl sites for hydroxylation is 2. The van der Waals surface area contributed by atoms with E-state index in [1.807, 2.05) is 0 Å². The lowest BCUT2D eigenvalue weighted by atomic mass is 10.0. The fourth-order valence-corrected chi connectivity index (χ4v) is 2.63. The molecule has 2 heterocycles. The molecule has 0 bridgehead atoms. The van der Waals surface area contributed by atoms with Gasteiger partial charge in [-0.1, -0.05) is 39.0 Å². The average molecular weight is 220 g/mol. The minimum atomic E-state index is 1.14. The maximum Gasteiger partial charge on any atom is 0.0524 e. The third-order valence-electron chi connectivity index (χ3n) is 3.62. The summed E-state index contributed by atoms with van der Waals surface area (Å²) in [5, 5.41) is 4.44. The molecule has 0 saturated heterocycles. The summed E-state index contributed by atoms with van der Waals surface area (Å²) in [6.45, 7) is 3.42. The van der Waals surface area contributed by atoms with Gasteiger partial charge in [-0.25, -0.2) is 0 Å². The molecule has 1 aliphatic heterocycles. The normalized spacial score (nSPS) is 14.3. The molecule has 0 saturated carbocycles. The molecule has 0 amide bonds. The Balaban J connectivity index is 1.66. The van der Waals surface area contributed by atoms with Gasteiger partial charge in [0.1, 0.15) is 0 Å². The Hall–Kier alpha value is -0.790. The first-order valence-electron chi connectivity index (χ1n) is 6.95. The van der Waals surface area contributed by atoms with Crippen molar-refractivity contribution in [3.8, 4) is 0 Å². The lowest BCUT2D eigenvalue weighted by Crippen LogP contribution is -1.94. The Morgan fingerprint density at radius 3 is 2.88 bits per heavy atom. The summed E-state index contributed by atoms with van der Waals surface area (Å²) in [5.41, 5.74) is 3.04. The van der Waals surface area contributed by atoms with Gasteiger partial charge in [0, 0.05) is 12.2 Å². The van der Waals surface area contributed by atoms with Crippen molar-refractivity contribution in [1.82, 2.24) is 9.78 Å². The average Bonchev–Trinajstić information content (AvgIpc) is 2.87. The zero-order valence-electron chi connectivity index (χ0n) is 10.5. The maximum atomic E-state index is 4.44. The summed E-state index contributed by atoms with van der Waals surface area (Å²) in [5.74, 6) is 0. The van der Waals surface area contributed by atoms with E-state index in [1.165, 1.54) is 69.0 Å². The van der Waals surface area contributed by atoms with Crippen molar-refractivity contribution < 1.29 is 0 Å². The van der Waals surface area contributed by atoms with Gasteiger partial charge in [0.15, 0.2) is 0 Å². The van der Waals surface area contributed by atoms with Crippen molar-refractivity contribution in [2.45, 2.75) is 71.3 Å². The molecule has 0 aliphatic carbocycles. The van der Waals surface area contributed by atoms with Crippen LogP contribution in [0.3, 0.4) is 0 Å². The SMILES string of the molecule is CCCCCCCCc1cnn2c1CCC2. The van der Waals surface area contributed by atoms with Crippen LogP contribution < -0.4 is 0 Å². The highest BCUT2D eigenvalue weighted by Gasteiger charge is 2.15. The lowest BCUT2D eigenvalue weighted by Gasteiger charge is -2.01. The minimum Gasteiger partial charge on any atom is -0.269 e. The number of unbranched alkanes of at least 4 members (excludes halogenated alkanes) is 5. The molecule has 1 aliphatic rings. The largest absolute Gasteiger partial charge is 0.269 e. The molecule has 0 unspecified atom stereocenters. The van der Waals surface area contributed by atoms with E-state index < -0.39 is 0 Å². The van der Waals surface area contributed by atoms with Crippen molar-refractivity contribution >= 4 is 0 Å². The summed E-state index contributed by atoms with van der Waals surface area (Å²) in [4.78, 5) is 0. The van der Waals surface area contributed by atoms with Gasteiger partial charge in [0.25, 0.3) is 0 Å². The van der Waals surface area contributed by atoms with Gasteiger partial charge in [0.2, 0.25) is 0 Å². The van der Waals surface area contributed by atoms with Gasteiger partial charge < -0.3 is 0 Å². The molecule has 0 spiro atoms. The molecule has 2 heteroatoms. The zero-order valence-corrected chi connectivity index (χ0v) is 10.5. The number of aromatic nitrogens is 2. The predicted octanol–water partition coefficient (Wildman–Crippen LogP) is 3.73. The number of nitrogens with zero attached hydrogens (tertiary/aromatic N) is 2. The van der Waals surface area contributed by atoms with E-state index in [0.29, 0.717) is 0 Å². The van der Waals surface area contributed by atoms with Crippen molar-refractivity contribution in [1.29, 1.82) is 0 Å². The summed E-state index contributed by atoms with van der Waals surface area (Å²) in [7, 11) is 0. The zero-order chi connectivity index (χ0) is 11.2. The molecule has 16 heavy (non-hydrogen) atoms. The highest BCUT2D eigenvalue weighted by molar-refractivity contribution is 5.20. The molecule has 0 N–H and O–H groups in total. The Labute approximate surface area is 99.0 Å². The molecule has 2 rings (SSSR count). The number of rotatable bonds is 7. The van der Waals surface area contributed by atoms with Crippen LogP contribution in [0, 0.1) is 0 Å². The topological polar surface area (TPSA) is 17.8 Å². The van der Waals surface area contributed by atoms with E-state index >= 15 is 0 Å². The second kappa shape index (κ2) is 6.07. The summed E-state index contributed by atoms with van der Waals surface area (Å²) >= 11 is 0. The van der Waals surface area contributed by atoms with E-state index in [9.17, 15) is 0 Å². The van der Waals surface area contributed by atoms with Crippen LogP contribution >= 0.6 is 0 Å². The van der Waals surface area contributed by atoms with Crippen LogP contribution in [0.15, 0.2) is 6.20 Å². The van der Waals surface area contributed by atoms with E-state index in [-0.39, 0.29) is 0 Å². The molecule has 0 radical (unpaired) electrons. The predicted molar refractivity (Wildman–Crippen MR) is 67.6 cm³/mol. The van der Waals surface area contributed by atoms with Crippen LogP contribution in [0.5, 0.6) is 0 Å². The van der Waals surface area contributed by atoms with E-state index in [2.05, 4.69) is 22.9 Å². The van der Waals surface area contributed by atoms with Gasteiger partial charge in [0.05, 0.1) is 6.20 Å². The van der Waals surface area contributed by atoms with Gasteiger partial charge in [-0.05, 0) is 31.2 Å². The van der Waals surface area contributed by atoms with E-state index in [4.69, 9.17) is 0 Å². The van der Waals surface area contributed by atoms with Crippen LogP contribution in [0.4, 0.5) is 0 Å². The Bertz CT molecular complexity index is 315. The molecule has 0 atom stereocenters. The summed E-state index contributed by atoms with van der Waals surface area (Å²) < 4.78 is 2.20. The third kappa shape index (κ3) is 2.87. The standard InChI is InChI=1S/C14H24N2/c1-2-3-4-5-6-7-9-13-12-15-16-11-8-10-14(13)16/h12H,2-11H2,1H3. The first-order valence-corrected chi connectivity index (χ1v) is 6.95. The van der Waals surface area contributed by atoms with Gasteiger partial charge >= 0.3 is 0 Å². The molecule has 0 aromatic carbocycles. The Morgan fingerprint density at radius 1 is 1.19 bits per heavy atom. The van der Waals surface area contributed by atoms with Crippen LogP contribution in [0.1, 0.15) is 63.1 Å². The number of hydrogen-bond donors (Lipinski definition) is 0. The first kappa shape index (κ1) is 11.7. The molecule has 2 nitrogen and oxygen atoms in total. The van der Waals surface area contributed by atoms with Crippen LogP contribution in [0.25, 0.3) is 0 Å². The molecule has 1 aromatic heterocycles. The van der Waals surface area contributed by atoms with Crippen molar-refractivity contribution in [2.75, 3.05) is 0 Å².